The fraction of sp³-hybridized carbons (Fsp3) is 0.632. The molecular formula is C19H33N3O. The number of urea groups is 1. The van der Waals surface area contributed by atoms with Crippen molar-refractivity contribution in [3.63, 3.8) is 0 Å². The van der Waals surface area contributed by atoms with Gasteiger partial charge in [-0.2, -0.15) is 0 Å². The first-order valence-corrected chi connectivity index (χ1v) is 8.77. The Bertz CT molecular complexity index is 447. The summed E-state index contributed by atoms with van der Waals surface area (Å²) in [5, 5.41) is 9.59. The molecule has 0 spiro atoms. The summed E-state index contributed by atoms with van der Waals surface area (Å²) >= 11 is 0. The second-order valence-electron chi connectivity index (χ2n) is 6.79. The van der Waals surface area contributed by atoms with Gasteiger partial charge in [0.25, 0.3) is 0 Å². The lowest BCUT2D eigenvalue weighted by Gasteiger charge is -2.26. The van der Waals surface area contributed by atoms with Gasteiger partial charge in [0.2, 0.25) is 0 Å². The van der Waals surface area contributed by atoms with Crippen molar-refractivity contribution in [1.29, 1.82) is 0 Å². The zero-order valence-electron chi connectivity index (χ0n) is 15.2. The highest BCUT2D eigenvalue weighted by Crippen LogP contribution is 2.14. The Kier molecular flexibility index (Phi) is 8.70. The second kappa shape index (κ2) is 10.3. The summed E-state index contributed by atoms with van der Waals surface area (Å²) in [6.45, 7) is 11.3. The van der Waals surface area contributed by atoms with Crippen LogP contribution in [-0.4, -0.2) is 24.7 Å². The molecule has 4 nitrogen and oxygen atoms in total. The second-order valence-corrected chi connectivity index (χ2v) is 6.79. The van der Waals surface area contributed by atoms with Gasteiger partial charge < -0.3 is 16.0 Å². The number of carbonyl (C=O) groups excluding carboxylic acids is 1. The molecule has 0 aliphatic rings. The number of amides is 2. The normalized spacial score (nSPS) is 15.0. The molecule has 0 bridgehead atoms. The Hall–Kier alpha value is -1.55. The Balaban J connectivity index is 2.53. The zero-order valence-corrected chi connectivity index (χ0v) is 15.2. The van der Waals surface area contributed by atoms with Crippen molar-refractivity contribution in [2.45, 2.75) is 65.6 Å². The Morgan fingerprint density at radius 3 is 2.30 bits per heavy atom. The van der Waals surface area contributed by atoms with E-state index in [1.54, 1.807) is 0 Å². The van der Waals surface area contributed by atoms with Crippen LogP contribution in [-0.2, 0) is 0 Å². The van der Waals surface area contributed by atoms with Crippen LogP contribution in [0, 0.1) is 5.92 Å². The lowest BCUT2D eigenvalue weighted by Crippen LogP contribution is -2.47. The molecule has 23 heavy (non-hydrogen) atoms. The average Bonchev–Trinajstić information content (AvgIpc) is 2.52. The maximum atomic E-state index is 11.9. The maximum absolute atomic E-state index is 11.9. The van der Waals surface area contributed by atoms with E-state index < -0.39 is 0 Å². The van der Waals surface area contributed by atoms with E-state index >= 15 is 0 Å². The van der Waals surface area contributed by atoms with E-state index in [0.29, 0.717) is 12.5 Å². The molecule has 1 rings (SSSR count). The Morgan fingerprint density at radius 2 is 1.74 bits per heavy atom. The number of nitrogens with one attached hydrogen (secondary N) is 3. The SMILES string of the molecule is CC[C@H](C)NC(=O)NC[C@@H](CC(C)C)N[C@H](C)c1ccccc1. The highest BCUT2D eigenvalue weighted by Gasteiger charge is 2.16. The van der Waals surface area contributed by atoms with Gasteiger partial charge in [0.15, 0.2) is 0 Å². The molecule has 1 aromatic rings. The number of hydrogen-bond acceptors (Lipinski definition) is 2. The summed E-state index contributed by atoms with van der Waals surface area (Å²) < 4.78 is 0. The minimum absolute atomic E-state index is 0.0812. The summed E-state index contributed by atoms with van der Waals surface area (Å²) in [4.78, 5) is 11.9. The van der Waals surface area contributed by atoms with Gasteiger partial charge in [-0.15, -0.1) is 0 Å². The van der Waals surface area contributed by atoms with Crippen molar-refractivity contribution < 1.29 is 4.79 Å². The summed E-state index contributed by atoms with van der Waals surface area (Å²) in [6.07, 6.45) is 1.97. The summed E-state index contributed by atoms with van der Waals surface area (Å²) in [5.74, 6) is 0.579. The minimum Gasteiger partial charge on any atom is -0.337 e. The summed E-state index contributed by atoms with van der Waals surface area (Å²) in [6, 6.07) is 11.1. The van der Waals surface area contributed by atoms with Crippen LogP contribution in [0.2, 0.25) is 0 Å². The molecule has 0 saturated heterocycles. The molecule has 2 amide bonds. The highest BCUT2D eigenvalue weighted by atomic mass is 16.2. The highest BCUT2D eigenvalue weighted by molar-refractivity contribution is 5.74. The van der Waals surface area contributed by atoms with Crippen LogP contribution >= 0.6 is 0 Å². The largest absolute Gasteiger partial charge is 0.337 e. The van der Waals surface area contributed by atoms with Crippen molar-refractivity contribution in [2.75, 3.05) is 6.54 Å². The first kappa shape index (κ1) is 19.5. The molecule has 0 radical (unpaired) electrons. The molecule has 0 fully saturated rings. The average molecular weight is 319 g/mol. The predicted molar refractivity (Wildman–Crippen MR) is 97.5 cm³/mol. The molecule has 1 aromatic carbocycles. The van der Waals surface area contributed by atoms with Crippen LogP contribution in [0.15, 0.2) is 30.3 Å². The molecule has 3 N–H and O–H groups in total. The molecular weight excluding hydrogens is 286 g/mol. The van der Waals surface area contributed by atoms with E-state index in [1.807, 2.05) is 13.0 Å². The van der Waals surface area contributed by atoms with Gasteiger partial charge in [-0.1, -0.05) is 51.1 Å². The lowest BCUT2D eigenvalue weighted by atomic mass is 10.0. The molecule has 0 aliphatic carbocycles. The third kappa shape index (κ3) is 8.03. The van der Waals surface area contributed by atoms with Crippen molar-refractivity contribution >= 4 is 6.03 Å². The smallest absolute Gasteiger partial charge is 0.315 e. The van der Waals surface area contributed by atoms with Crippen LogP contribution in [0.4, 0.5) is 4.79 Å². The van der Waals surface area contributed by atoms with Crippen molar-refractivity contribution in [1.82, 2.24) is 16.0 Å². The van der Waals surface area contributed by atoms with Gasteiger partial charge in [0, 0.05) is 24.7 Å². The van der Waals surface area contributed by atoms with E-state index in [0.717, 1.165) is 12.8 Å². The number of carbonyl (C=O) groups is 1. The molecule has 0 unspecified atom stereocenters. The first-order valence-electron chi connectivity index (χ1n) is 8.77. The van der Waals surface area contributed by atoms with Gasteiger partial charge in [0.1, 0.15) is 0 Å². The van der Waals surface area contributed by atoms with Gasteiger partial charge in [0.05, 0.1) is 0 Å². The fourth-order valence-electron chi connectivity index (χ4n) is 2.56. The van der Waals surface area contributed by atoms with Crippen LogP contribution in [0.3, 0.4) is 0 Å². The van der Waals surface area contributed by atoms with Crippen LogP contribution in [0.5, 0.6) is 0 Å². The van der Waals surface area contributed by atoms with Gasteiger partial charge in [-0.05, 0) is 38.2 Å². The van der Waals surface area contributed by atoms with E-state index in [4.69, 9.17) is 0 Å². The molecule has 0 aromatic heterocycles. The number of hydrogen-bond donors (Lipinski definition) is 3. The van der Waals surface area contributed by atoms with E-state index in [1.165, 1.54) is 5.56 Å². The van der Waals surface area contributed by atoms with Gasteiger partial charge in [-0.25, -0.2) is 4.79 Å². The Labute approximate surface area is 141 Å². The summed E-state index contributed by atoms with van der Waals surface area (Å²) in [5.41, 5.74) is 1.27. The molecule has 4 heteroatoms. The van der Waals surface area contributed by atoms with Gasteiger partial charge >= 0.3 is 6.03 Å². The van der Waals surface area contributed by atoms with Crippen molar-refractivity contribution in [3.05, 3.63) is 35.9 Å². The Morgan fingerprint density at radius 1 is 1.09 bits per heavy atom. The van der Waals surface area contributed by atoms with Crippen LogP contribution in [0.1, 0.15) is 59.1 Å². The van der Waals surface area contributed by atoms with E-state index in [-0.39, 0.29) is 24.2 Å². The maximum Gasteiger partial charge on any atom is 0.315 e. The molecule has 0 saturated carbocycles. The van der Waals surface area contributed by atoms with E-state index in [2.05, 4.69) is 67.9 Å². The quantitative estimate of drug-likeness (QED) is 0.647. The number of benzene rings is 1. The number of rotatable bonds is 9. The fourth-order valence-corrected chi connectivity index (χ4v) is 2.56. The third-order valence-corrected chi connectivity index (χ3v) is 4.04. The topological polar surface area (TPSA) is 53.2 Å². The standard InChI is InChI=1S/C19H33N3O/c1-6-15(4)21-19(23)20-13-18(12-14(2)3)22-16(5)17-10-8-7-9-11-17/h7-11,14-16,18,22H,6,12-13H2,1-5H3,(H2,20,21,23)/t15-,16+,18+/m0/s1. The zero-order chi connectivity index (χ0) is 17.2. The third-order valence-electron chi connectivity index (χ3n) is 4.04. The summed E-state index contributed by atoms with van der Waals surface area (Å²) in [7, 11) is 0. The molecule has 130 valence electrons. The lowest BCUT2D eigenvalue weighted by molar-refractivity contribution is 0.234. The van der Waals surface area contributed by atoms with Crippen LogP contribution < -0.4 is 16.0 Å². The minimum atomic E-state index is -0.0812. The van der Waals surface area contributed by atoms with Gasteiger partial charge in [-0.3, -0.25) is 0 Å². The molecule has 0 aliphatic heterocycles. The first-order chi connectivity index (χ1) is 10.9. The van der Waals surface area contributed by atoms with Crippen molar-refractivity contribution in [2.24, 2.45) is 5.92 Å². The van der Waals surface area contributed by atoms with Crippen molar-refractivity contribution in [3.8, 4) is 0 Å². The molecule has 0 heterocycles. The predicted octanol–water partition coefficient (Wildman–Crippen LogP) is 3.85. The monoisotopic (exact) mass is 319 g/mol. The molecule has 3 atom stereocenters. The van der Waals surface area contributed by atoms with E-state index in [9.17, 15) is 4.79 Å². The van der Waals surface area contributed by atoms with Crippen LogP contribution in [0.25, 0.3) is 0 Å².